The maximum atomic E-state index is 16.4. The van der Waals surface area contributed by atoms with Crippen molar-refractivity contribution in [2.75, 3.05) is 65.4 Å². The Morgan fingerprint density at radius 1 is 1.15 bits per heavy atom. The van der Waals surface area contributed by atoms with Crippen molar-refractivity contribution in [1.82, 2.24) is 14.8 Å². The lowest BCUT2D eigenvalue weighted by molar-refractivity contribution is 0.0311. The van der Waals surface area contributed by atoms with Crippen molar-refractivity contribution in [3.63, 3.8) is 0 Å². The van der Waals surface area contributed by atoms with Crippen LogP contribution in [0.3, 0.4) is 0 Å². The number of methoxy groups -OCH3 is 1. The molecule has 3 aliphatic rings. The molecule has 2 saturated heterocycles. The van der Waals surface area contributed by atoms with E-state index in [4.69, 9.17) is 9.47 Å². The monoisotopic (exact) mass is 559 g/mol. The number of thioether (sulfide) groups is 1. The Labute approximate surface area is 237 Å². The van der Waals surface area contributed by atoms with Crippen LogP contribution in [0.2, 0.25) is 0 Å². The predicted molar refractivity (Wildman–Crippen MR) is 157 cm³/mol. The van der Waals surface area contributed by atoms with Crippen LogP contribution >= 0.6 is 11.8 Å². The Morgan fingerprint density at radius 3 is 2.64 bits per heavy atom. The smallest absolute Gasteiger partial charge is 0.126 e. The second-order valence-electron chi connectivity index (χ2n) is 11.8. The SMILES string of the molecule is COc1ccc2ncc(CN3CCOCC3)c(C(F)CCC3(CO)CCN(CCSC4CCCC4)CC3)c2c1. The molecule has 1 aromatic heterocycles. The van der Waals surface area contributed by atoms with E-state index in [1.165, 1.54) is 31.4 Å². The number of pyridine rings is 1. The number of morpholine rings is 1. The molecule has 1 N–H and O–H groups in total. The standard InChI is InChI=1S/C31H46FN3O3S/c1-37-25-6-7-29-27(20-25)30(24(21-33-29)22-35-14-17-38-18-15-35)28(32)8-9-31(23-36)10-12-34(13-11-31)16-19-39-26-4-2-3-5-26/h6-7,20-21,26,28,36H,2-5,8-19,22-23H2,1H3. The summed E-state index contributed by atoms with van der Waals surface area (Å²) in [7, 11) is 1.64. The lowest BCUT2D eigenvalue weighted by atomic mass is 9.74. The minimum atomic E-state index is -1.12. The number of piperidine rings is 1. The van der Waals surface area contributed by atoms with Crippen LogP contribution in [-0.2, 0) is 11.3 Å². The molecule has 0 amide bonds. The third-order valence-electron chi connectivity index (χ3n) is 9.25. The van der Waals surface area contributed by atoms with E-state index in [9.17, 15) is 5.11 Å². The van der Waals surface area contributed by atoms with E-state index in [0.717, 1.165) is 72.8 Å². The highest BCUT2D eigenvalue weighted by atomic mass is 32.2. The largest absolute Gasteiger partial charge is 0.497 e. The number of alkyl halides is 1. The van der Waals surface area contributed by atoms with Gasteiger partial charge in [0.05, 0.1) is 25.8 Å². The molecule has 3 fully saturated rings. The summed E-state index contributed by atoms with van der Waals surface area (Å²) in [6.45, 7) is 7.03. The molecule has 6 nitrogen and oxygen atoms in total. The summed E-state index contributed by atoms with van der Waals surface area (Å²) in [5.74, 6) is 1.92. The van der Waals surface area contributed by atoms with Gasteiger partial charge in [0.25, 0.3) is 0 Å². The van der Waals surface area contributed by atoms with Crippen molar-refractivity contribution in [3.8, 4) is 5.75 Å². The van der Waals surface area contributed by atoms with Crippen LogP contribution in [0.4, 0.5) is 4.39 Å². The summed E-state index contributed by atoms with van der Waals surface area (Å²) in [6.07, 6.45) is 9.28. The van der Waals surface area contributed by atoms with Gasteiger partial charge in [-0.3, -0.25) is 9.88 Å². The summed E-state index contributed by atoms with van der Waals surface area (Å²) >= 11 is 2.15. The first kappa shape index (κ1) is 29.1. The maximum absolute atomic E-state index is 16.4. The van der Waals surface area contributed by atoms with Gasteiger partial charge in [-0.05, 0) is 80.8 Å². The first-order valence-electron chi connectivity index (χ1n) is 14.9. The van der Waals surface area contributed by atoms with Crippen molar-refractivity contribution in [2.24, 2.45) is 5.41 Å². The lowest BCUT2D eigenvalue weighted by Gasteiger charge is -2.41. The molecule has 1 aromatic carbocycles. The zero-order chi connectivity index (χ0) is 27.1. The van der Waals surface area contributed by atoms with Gasteiger partial charge in [0.2, 0.25) is 0 Å². The van der Waals surface area contributed by atoms with Gasteiger partial charge in [0.1, 0.15) is 11.9 Å². The molecule has 1 saturated carbocycles. The number of hydrogen-bond donors (Lipinski definition) is 1. The number of nitrogens with zero attached hydrogens (tertiary/aromatic N) is 3. The average molecular weight is 560 g/mol. The van der Waals surface area contributed by atoms with Gasteiger partial charge < -0.3 is 19.5 Å². The summed E-state index contributed by atoms with van der Waals surface area (Å²) < 4.78 is 27.4. The van der Waals surface area contributed by atoms with E-state index >= 15 is 4.39 Å². The van der Waals surface area contributed by atoms with Gasteiger partial charge in [-0.15, -0.1) is 0 Å². The van der Waals surface area contributed by atoms with E-state index in [2.05, 4.69) is 26.5 Å². The van der Waals surface area contributed by atoms with Gasteiger partial charge in [-0.2, -0.15) is 11.8 Å². The Hall–Kier alpha value is -1.45. The molecule has 2 aromatic rings. The van der Waals surface area contributed by atoms with Crippen molar-refractivity contribution >= 4 is 22.7 Å². The van der Waals surface area contributed by atoms with Crippen LogP contribution in [0, 0.1) is 5.41 Å². The number of hydrogen-bond acceptors (Lipinski definition) is 7. The topological polar surface area (TPSA) is 58.1 Å². The average Bonchev–Trinajstić information content (AvgIpc) is 3.50. The number of rotatable bonds is 12. The molecule has 1 atom stereocenters. The van der Waals surface area contributed by atoms with Gasteiger partial charge in [0.15, 0.2) is 0 Å². The van der Waals surface area contributed by atoms with Crippen molar-refractivity contribution in [3.05, 3.63) is 35.5 Å². The second-order valence-corrected chi connectivity index (χ2v) is 13.2. The molecule has 0 bridgehead atoms. The predicted octanol–water partition coefficient (Wildman–Crippen LogP) is 5.62. The molecule has 39 heavy (non-hydrogen) atoms. The summed E-state index contributed by atoms with van der Waals surface area (Å²) in [4.78, 5) is 9.54. The van der Waals surface area contributed by atoms with Gasteiger partial charge in [-0.1, -0.05) is 12.8 Å². The Morgan fingerprint density at radius 2 is 1.92 bits per heavy atom. The number of benzene rings is 1. The molecule has 5 rings (SSSR count). The number of likely N-dealkylation sites (tertiary alicyclic amines) is 1. The highest BCUT2D eigenvalue weighted by Crippen LogP contribution is 2.41. The molecule has 216 valence electrons. The van der Waals surface area contributed by atoms with Crippen LogP contribution in [0.1, 0.15) is 68.7 Å². The zero-order valence-corrected chi connectivity index (χ0v) is 24.4. The van der Waals surface area contributed by atoms with Crippen LogP contribution in [-0.4, -0.2) is 90.5 Å². The maximum Gasteiger partial charge on any atom is 0.126 e. The van der Waals surface area contributed by atoms with Crippen LogP contribution in [0.5, 0.6) is 5.75 Å². The fraction of sp³-hybridized carbons (Fsp3) is 0.710. The molecular weight excluding hydrogens is 513 g/mol. The fourth-order valence-electron chi connectivity index (χ4n) is 6.58. The van der Waals surface area contributed by atoms with Gasteiger partial charge in [-0.25, -0.2) is 4.39 Å². The van der Waals surface area contributed by atoms with Crippen molar-refractivity contribution in [1.29, 1.82) is 0 Å². The Balaban J connectivity index is 1.24. The summed E-state index contributed by atoms with van der Waals surface area (Å²) in [5.41, 5.74) is 2.28. The van der Waals surface area contributed by atoms with Crippen molar-refractivity contribution < 1.29 is 19.0 Å². The first-order valence-corrected chi connectivity index (χ1v) is 16.0. The molecule has 0 radical (unpaired) electrons. The number of halogens is 1. The van der Waals surface area contributed by atoms with Gasteiger partial charge in [0, 0.05) is 60.9 Å². The molecular formula is C31H46FN3O3S. The number of fused-ring (bicyclic) bond motifs is 1. The second kappa shape index (κ2) is 13.9. The highest BCUT2D eigenvalue weighted by molar-refractivity contribution is 7.99. The zero-order valence-electron chi connectivity index (χ0n) is 23.6. The van der Waals surface area contributed by atoms with Crippen molar-refractivity contribution in [2.45, 2.75) is 69.3 Å². The third kappa shape index (κ3) is 7.45. The van der Waals surface area contributed by atoms with Crippen LogP contribution in [0.15, 0.2) is 24.4 Å². The van der Waals surface area contributed by atoms with Crippen LogP contribution < -0.4 is 4.74 Å². The normalized spacial score (nSPS) is 21.9. The van der Waals surface area contributed by atoms with Crippen LogP contribution in [0.25, 0.3) is 10.9 Å². The van der Waals surface area contributed by atoms with E-state index in [0.29, 0.717) is 38.3 Å². The lowest BCUT2D eigenvalue weighted by Crippen LogP contribution is -2.43. The Kier molecular flexibility index (Phi) is 10.4. The molecule has 1 unspecified atom stereocenters. The molecule has 8 heteroatoms. The third-order valence-corrected chi connectivity index (χ3v) is 10.6. The Bertz CT molecular complexity index is 1050. The molecule has 3 heterocycles. The first-order chi connectivity index (χ1) is 19.1. The quantitative estimate of drug-likeness (QED) is 0.362. The summed E-state index contributed by atoms with van der Waals surface area (Å²) in [6, 6.07) is 5.73. The van der Waals surface area contributed by atoms with E-state index in [1.807, 2.05) is 24.4 Å². The minimum absolute atomic E-state index is 0.135. The van der Waals surface area contributed by atoms with E-state index < -0.39 is 6.17 Å². The number of ether oxygens (including phenoxy) is 2. The van der Waals surface area contributed by atoms with E-state index in [-0.39, 0.29) is 12.0 Å². The minimum Gasteiger partial charge on any atom is -0.497 e. The van der Waals surface area contributed by atoms with Gasteiger partial charge >= 0.3 is 0 Å². The molecule has 0 spiro atoms. The number of aromatic nitrogens is 1. The highest BCUT2D eigenvalue weighted by Gasteiger charge is 2.35. The molecule has 2 aliphatic heterocycles. The fourth-order valence-corrected chi connectivity index (χ4v) is 7.94. The summed E-state index contributed by atoms with van der Waals surface area (Å²) in [5, 5.41) is 12.2. The number of aliphatic hydroxyl groups excluding tert-OH is 1. The molecule has 1 aliphatic carbocycles. The van der Waals surface area contributed by atoms with E-state index in [1.54, 1.807) is 7.11 Å². The number of aliphatic hydroxyl groups is 1.